The molecule has 2 nitrogen and oxygen atoms in total. The standard InChI is InChI=1S/C60H44N2SSi/c1-3-49(60-41(2)50-28-13-17-35-59(50)63-60)42-20-18-26-47(38-42)64(45-22-6-4-7-23-45,46-24-8-5-9-25-46)48-27-19-21-43(39-48)61-57-34-16-12-31-53(57)54-40-44(36-37-58(54)61)62-55-32-14-10-29-51(55)52-30-11-15-33-56(52)62/h3-40H,1-2H3/b49-3-. The zero-order chi connectivity index (χ0) is 42.8. The van der Waals surface area contributed by atoms with Gasteiger partial charge in [-0.05, 0) is 111 Å². The average Bonchev–Trinajstić information content (AvgIpc) is 4.00. The van der Waals surface area contributed by atoms with Crippen LogP contribution in [0.15, 0.2) is 231 Å². The molecule has 12 rings (SSSR count). The summed E-state index contributed by atoms with van der Waals surface area (Å²) in [5.41, 5.74) is 11.0. The summed E-state index contributed by atoms with van der Waals surface area (Å²) < 4.78 is 6.23. The van der Waals surface area contributed by atoms with Crippen molar-refractivity contribution in [1.82, 2.24) is 9.13 Å². The van der Waals surface area contributed by atoms with Crippen LogP contribution in [0.2, 0.25) is 0 Å². The van der Waals surface area contributed by atoms with Gasteiger partial charge in [0, 0.05) is 42.5 Å². The Balaban J connectivity index is 1.08. The number of aryl methyl sites for hydroxylation is 1. The zero-order valence-electron chi connectivity index (χ0n) is 35.7. The predicted octanol–water partition coefficient (Wildman–Crippen LogP) is 13.2. The molecule has 3 heterocycles. The van der Waals surface area contributed by atoms with Gasteiger partial charge < -0.3 is 9.13 Å². The normalized spacial score (nSPS) is 12.3. The summed E-state index contributed by atoms with van der Waals surface area (Å²) in [6.07, 6.45) is 2.31. The molecule has 0 fully saturated rings. The summed E-state index contributed by atoms with van der Waals surface area (Å²) in [6, 6.07) is 83.8. The summed E-state index contributed by atoms with van der Waals surface area (Å²) >= 11 is 1.90. The van der Waals surface area contributed by atoms with E-state index < -0.39 is 8.07 Å². The average molecular weight is 853 g/mol. The molecule has 0 N–H and O–H groups in total. The lowest BCUT2D eigenvalue weighted by molar-refractivity contribution is 1.17. The van der Waals surface area contributed by atoms with Crippen molar-refractivity contribution in [3.05, 3.63) is 247 Å². The molecular formula is C60H44N2SSi. The minimum Gasteiger partial charge on any atom is -0.309 e. The van der Waals surface area contributed by atoms with Crippen LogP contribution in [-0.2, 0) is 0 Å². The molecule has 0 amide bonds. The first-order chi connectivity index (χ1) is 31.6. The van der Waals surface area contributed by atoms with Crippen molar-refractivity contribution in [1.29, 1.82) is 0 Å². The zero-order valence-corrected chi connectivity index (χ0v) is 37.6. The Morgan fingerprint density at radius 1 is 0.406 bits per heavy atom. The van der Waals surface area contributed by atoms with Crippen molar-refractivity contribution in [2.75, 3.05) is 0 Å². The first kappa shape index (κ1) is 38.2. The van der Waals surface area contributed by atoms with E-state index >= 15 is 0 Å². The third-order valence-electron chi connectivity index (χ3n) is 13.4. The van der Waals surface area contributed by atoms with E-state index in [2.05, 4.69) is 254 Å². The van der Waals surface area contributed by atoms with Crippen LogP contribution in [-0.4, -0.2) is 17.2 Å². The third-order valence-corrected chi connectivity index (χ3v) is 19.5. The molecule has 4 heteroatoms. The van der Waals surface area contributed by atoms with E-state index in [-0.39, 0.29) is 0 Å². The van der Waals surface area contributed by atoms with E-state index in [9.17, 15) is 0 Å². The van der Waals surface area contributed by atoms with Gasteiger partial charge >= 0.3 is 0 Å². The molecular weight excluding hydrogens is 809 g/mol. The van der Waals surface area contributed by atoms with Crippen LogP contribution in [0.3, 0.4) is 0 Å². The fourth-order valence-electron chi connectivity index (χ4n) is 10.6. The van der Waals surface area contributed by atoms with Crippen LogP contribution < -0.4 is 20.7 Å². The number of nitrogens with zero attached hydrogens (tertiary/aromatic N) is 2. The van der Waals surface area contributed by atoms with E-state index in [1.165, 1.54) is 96.0 Å². The fourth-order valence-corrected chi connectivity index (χ4v) is 16.7. The molecule has 12 aromatic rings. The Bertz CT molecular complexity index is 3660. The molecule has 0 aliphatic carbocycles. The highest BCUT2D eigenvalue weighted by atomic mass is 32.1. The predicted molar refractivity (Wildman–Crippen MR) is 278 cm³/mol. The molecule has 0 aliphatic heterocycles. The molecule has 64 heavy (non-hydrogen) atoms. The molecule has 0 saturated heterocycles. The maximum absolute atomic E-state index is 2.95. The second kappa shape index (κ2) is 15.4. The van der Waals surface area contributed by atoms with Gasteiger partial charge in [0.2, 0.25) is 0 Å². The Labute approximate surface area is 378 Å². The quantitative estimate of drug-likeness (QED) is 0.106. The van der Waals surface area contributed by atoms with Crippen LogP contribution in [0, 0.1) is 6.92 Å². The molecule has 0 aliphatic rings. The van der Waals surface area contributed by atoms with Gasteiger partial charge in [0.25, 0.3) is 0 Å². The van der Waals surface area contributed by atoms with Crippen molar-refractivity contribution in [3.63, 3.8) is 0 Å². The van der Waals surface area contributed by atoms with Crippen molar-refractivity contribution >= 4 is 99.4 Å². The highest BCUT2D eigenvalue weighted by Gasteiger charge is 2.42. The van der Waals surface area contributed by atoms with Gasteiger partial charge in [-0.15, -0.1) is 11.3 Å². The second-order valence-electron chi connectivity index (χ2n) is 16.8. The molecule has 9 aromatic carbocycles. The van der Waals surface area contributed by atoms with Gasteiger partial charge in [-0.1, -0.05) is 176 Å². The number of allylic oxidation sites excluding steroid dienone is 1. The molecule has 3 aromatic heterocycles. The van der Waals surface area contributed by atoms with Crippen molar-refractivity contribution in [2.45, 2.75) is 13.8 Å². The molecule has 304 valence electrons. The highest BCUT2D eigenvalue weighted by Crippen LogP contribution is 2.39. The third kappa shape index (κ3) is 5.83. The molecule has 0 radical (unpaired) electrons. The van der Waals surface area contributed by atoms with E-state index in [4.69, 9.17) is 0 Å². The van der Waals surface area contributed by atoms with Gasteiger partial charge in [-0.3, -0.25) is 0 Å². The van der Waals surface area contributed by atoms with Gasteiger partial charge in [0.15, 0.2) is 8.07 Å². The first-order valence-corrected chi connectivity index (χ1v) is 24.9. The topological polar surface area (TPSA) is 9.86 Å². The molecule has 0 spiro atoms. The van der Waals surface area contributed by atoms with Gasteiger partial charge in [0.05, 0.1) is 22.1 Å². The molecule has 0 saturated carbocycles. The molecule has 0 unspecified atom stereocenters. The Morgan fingerprint density at radius 3 is 1.47 bits per heavy atom. The van der Waals surface area contributed by atoms with E-state index in [0.717, 1.165) is 11.4 Å². The van der Waals surface area contributed by atoms with Crippen LogP contribution in [0.4, 0.5) is 0 Å². The summed E-state index contributed by atoms with van der Waals surface area (Å²) in [5.74, 6) is 0. The van der Waals surface area contributed by atoms with Crippen molar-refractivity contribution in [2.24, 2.45) is 0 Å². The van der Waals surface area contributed by atoms with Gasteiger partial charge in [0.1, 0.15) is 0 Å². The first-order valence-electron chi connectivity index (χ1n) is 22.1. The lowest BCUT2D eigenvalue weighted by atomic mass is 10.0. The number of hydrogen-bond acceptors (Lipinski definition) is 1. The number of hydrogen-bond donors (Lipinski definition) is 0. The lowest BCUT2D eigenvalue weighted by Gasteiger charge is -2.35. The number of thiophene rings is 1. The second-order valence-corrected chi connectivity index (χ2v) is 21.7. The van der Waals surface area contributed by atoms with E-state index in [0.29, 0.717) is 0 Å². The molecule has 0 atom stereocenters. The summed E-state index contributed by atoms with van der Waals surface area (Å²) in [5, 5.41) is 11.8. The van der Waals surface area contributed by atoms with Crippen molar-refractivity contribution in [3.8, 4) is 11.4 Å². The number of para-hydroxylation sites is 3. The van der Waals surface area contributed by atoms with Gasteiger partial charge in [-0.25, -0.2) is 0 Å². The SMILES string of the molecule is C/C=C(/c1cccc([Si](c2ccccc2)(c2ccccc2)c2cccc(-n3c4ccccc4c4cc(-n5c6ccccc6c6ccccc65)ccc43)c2)c1)c1sc2ccccc2c1C. The molecule has 0 bridgehead atoms. The summed E-state index contributed by atoms with van der Waals surface area (Å²) in [6.45, 7) is 4.46. The van der Waals surface area contributed by atoms with Crippen LogP contribution in [0.25, 0.3) is 70.6 Å². The van der Waals surface area contributed by atoms with E-state index in [1.54, 1.807) is 0 Å². The number of fused-ring (bicyclic) bond motifs is 7. The summed E-state index contributed by atoms with van der Waals surface area (Å²) in [4.78, 5) is 1.34. The lowest BCUT2D eigenvalue weighted by Crippen LogP contribution is -2.74. The summed E-state index contributed by atoms with van der Waals surface area (Å²) in [7, 11) is -2.95. The van der Waals surface area contributed by atoms with Crippen LogP contribution in [0.5, 0.6) is 0 Å². The Kier molecular flexibility index (Phi) is 9.18. The number of aromatic nitrogens is 2. The van der Waals surface area contributed by atoms with Crippen LogP contribution >= 0.6 is 11.3 Å². The Hall–Kier alpha value is -7.50. The maximum Gasteiger partial charge on any atom is 0.179 e. The van der Waals surface area contributed by atoms with Crippen LogP contribution in [0.1, 0.15) is 22.9 Å². The Morgan fingerprint density at radius 2 is 0.875 bits per heavy atom. The van der Waals surface area contributed by atoms with Crippen molar-refractivity contribution < 1.29 is 0 Å². The monoisotopic (exact) mass is 852 g/mol. The highest BCUT2D eigenvalue weighted by molar-refractivity contribution is 7.20. The largest absolute Gasteiger partial charge is 0.309 e. The van der Waals surface area contributed by atoms with Gasteiger partial charge in [-0.2, -0.15) is 0 Å². The maximum atomic E-state index is 2.51. The number of benzene rings is 9. The minimum atomic E-state index is -2.95. The fraction of sp³-hybridized carbons (Fsp3) is 0.0333. The van der Waals surface area contributed by atoms with E-state index in [1.807, 2.05) is 11.3 Å². The minimum absolute atomic E-state index is 1.16. The smallest absolute Gasteiger partial charge is 0.179 e. The number of rotatable bonds is 8.